The summed E-state index contributed by atoms with van der Waals surface area (Å²) in [5.74, 6) is 1.69. The maximum atomic E-state index is 12.8. The van der Waals surface area contributed by atoms with Crippen LogP contribution in [0.1, 0.15) is 52.3 Å². The number of aryl methyl sites for hydroxylation is 2. The minimum absolute atomic E-state index is 0.164. The highest BCUT2D eigenvalue weighted by atomic mass is 16.5. The highest BCUT2D eigenvalue weighted by Crippen LogP contribution is 2.32. The zero-order chi connectivity index (χ0) is 20.2. The fourth-order valence-corrected chi connectivity index (χ4v) is 3.39. The fourth-order valence-electron chi connectivity index (χ4n) is 3.39. The monoisotopic (exact) mass is 393 g/mol. The van der Waals surface area contributed by atoms with Gasteiger partial charge in [-0.15, -0.1) is 0 Å². The number of hydrogen-bond donors (Lipinski definition) is 0. The van der Waals surface area contributed by atoms with E-state index in [9.17, 15) is 4.79 Å². The Labute approximate surface area is 168 Å². The molecular formula is C21H23N5O3. The molecule has 1 aliphatic heterocycles. The fraction of sp³-hybridized carbons (Fsp3) is 0.381. The molecule has 0 saturated carbocycles. The Bertz CT molecular complexity index is 986. The number of amides is 1. The Morgan fingerprint density at radius 3 is 2.97 bits per heavy atom. The van der Waals surface area contributed by atoms with Gasteiger partial charge in [-0.3, -0.25) is 9.78 Å². The van der Waals surface area contributed by atoms with Gasteiger partial charge in [0.1, 0.15) is 17.5 Å². The molecule has 2 aromatic heterocycles. The van der Waals surface area contributed by atoms with Crippen LogP contribution in [0, 0.1) is 13.8 Å². The van der Waals surface area contributed by atoms with E-state index in [4.69, 9.17) is 9.26 Å². The first kappa shape index (κ1) is 19.0. The zero-order valence-electron chi connectivity index (χ0n) is 16.5. The van der Waals surface area contributed by atoms with Crippen molar-refractivity contribution < 1.29 is 14.1 Å². The van der Waals surface area contributed by atoms with Gasteiger partial charge in [0.2, 0.25) is 5.89 Å². The quantitative estimate of drug-likeness (QED) is 0.635. The van der Waals surface area contributed by atoms with Crippen LogP contribution in [0.15, 0.2) is 41.2 Å². The molecule has 0 aliphatic carbocycles. The Balaban J connectivity index is 1.38. The van der Waals surface area contributed by atoms with Gasteiger partial charge in [-0.2, -0.15) is 4.98 Å². The first-order valence-electron chi connectivity index (χ1n) is 9.72. The molecule has 0 spiro atoms. The SMILES string of the molecule is Cc1cccc(OCCc2noc(C3CCCN3C(=O)c3cnc(C)cn3)n2)c1. The minimum Gasteiger partial charge on any atom is -0.493 e. The molecule has 3 aromatic rings. The molecule has 3 heterocycles. The Kier molecular flexibility index (Phi) is 5.50. The molecule has 1 fully saturated rings. The highest BCUT2D eigenvalue weighted by molar-refractivity contribution is 5.92. The molecule has 1 atom stereocenters. The Morgan fingerprint density at radius 2 is 2.17 bits per heavy atom. The summed E-state index contributed by atoms with van der Waals surface area (Å²) in [6.07, 6.45) is 5.30. The van der Waals surface area contributed by atoms with Crippen molar-refractivity contribution in [2.24, 2.45) is 0 Å². The lowest BCUT2D eigenvalue weighted by Crippen LogP contribution is -2.31. The number of rotatable bonds is 6. The van der Waals surface area contributed by atoms with Crippen molar-refractivity contribution in [2.45, 2.75) is 39.2 Å². The average Bonchev–Trinajstić information content (AvgIpc) is 3.37. The van der Waals surface area contributed by atoms with Gasteiger partial charge in [-0.1, -0.05) is 17.3 Å². The summed E-state index contributed by atoms with van der Waals surface area (Å²) in [6.45, 7) is 4.94. The van der Waals surface area contributed by atoms with Gasteiger partial charge in [0.05, 0.1) is 18.5 Å². The number of hydrogen-bond acceptors (Lipinski definition) is 7. The Morgan fingerprint density at radius 1 is 1.28 bits per heavy atom. The van der Waals surface area contributed by atoms with Crippen LogP contribution in [0.25, 0.3) is 0 Å². The first-order valence-corrected chi connectivity index (χ1v) is 9.72. The van der Waals surface area contributed by atoms with Crippen LogP contribution in [0.5, 0.6) is 5.75 Å². The van der Waals surface area contributed by atoms with Crippen molar-refractivity contribution in [3.63, 3.8) is 0 Å². The van der Waals surface area contributed by atoms with Gasteiger partial charge < -0.3 is 14.2 Å². The van der Waals surface area contributed by atoms with Crippen molar-refractivity contribution in [3.05, 3.63) is 65.3 Å². The third kappa shape index (κ3) is 4.42. The topological polar surface area (TPSA) is 94.2 Å². The van der Waals surface area contributed by atoms with Crippen molar-refractivity contribution in [2.75, 3.05) is 13.2 Å². The van der Waals surface area contributed by atoms with Crippen molar-refractivity contribution >= 4 is 5.91 Å². The average molecular weight is 393 g/mol. The maximum Gasteiger partial charge on any atom is 0.274 e. The van der Waals surface area contributed by atoms with E-state index >= 15 is 0 Å². The van der Waals surface area contributed by atoms with E-state index < -0.39 is 0 Å². The number of likely N-dealkylation sites (tertiary alicyclic amines) is 1. The first-order chi connectivity index (χ1) is 14.1. The van der Waals surface area contributed by atoms with Gasteiger partial charge in [0.15, 0.2) is 5.82 Å². The number of ether oxygens (including phenoxy) is 1. The summed E-state index contributed by atoms with van der Waals surface area (Å²) in [6, 6.07) is 7.66. The second-order valence-electron chi connectivity index (χ2n) is 7.16. The lowest BCUT2D eigenvalue weighted by Gasteiger charge is -2.21. The number of nitrogens with zero attached hydrogens (tertiary/aromatic N) is 5. The van der Waals surface area contributed by atoms with Gasteiger partial charge in [-0.25, -0.2) is 4.98 Å². The standard InChI is InChI=1S/C21H23N5O3/c1-14-5-3-6-16(11-14)28-10-8-19-24-20(29-25-19)18-7-4-9-26(18)21(27)17-13-22-15(2)12-23-17/h3,5-6,11-13,18H,4,7-10H2,1-2H3. The molecule has 0 bridgehead atoms. The summed E-state index contributed by atoms with van der Waals surface area (Å²) in [5, 5.41) is 4.06. The molecular weight excluding hydrogens is 370 g/mol. The van der Waals surface area contributed by atoms with Crippen LogP contribution in [0.4, 0.5) is 0 Å². The molecule has 29 heavy (non-hydrogen) atoms. The van der Waals surface area contributed by atoms with E-state index in [1.807, 2.05) is 38.1 Å². The van der Waals surface area contributed by atoms with Crippen LogP contribution in [-0.2, 0) is 6.42 Å². The second-order valence-corrected chi connectivity index (χ2v) is 7.16. The van der Waals surface area contributed by atoms with E-state index in [0.29, 0.717) is 37.0 Å². The summed E-state index contributed by atoms with van der Waals surface area (Å²) >= 11 is 0. The molecule has 0 radical (unpaired) electrons. The largest absolute Gasteiger partial charge is 0.493 e. The number of carbonyl (C=O) groups is 1. The maximum absolute atomic E-state index is 12.8. The highest BCUT2D eigenvalue weighted by Gasteiger charge is 2.35. The van der Waals surface area contributed by atoms with Crippen LogP contribution >= 0.6 is 0 Å². The van der Waals surface area contributed by atoms with Gasteiger partial charge in [0.25, 0.3) is 5.91 Å². The van der Waals surface area contributed by atoms with Crippen LogP contribution in [-0.4, -0.2) is 44.1 Å². The zero-order valence-corrected chi connectivity index (χ0v) is 16.5. The Hall–Kier alpha value is -3.29. The normalized spacial score (nSPS) is 16.2. The third-order valence-corrected chi connectivity index (χ3v) is 4.87. The molecule has 1 aromatic carbocycles. The molecule has 1 aliphatic rings. The predicted molar refractivity (Wildman–Crippen MR) is 104 cm³/mol. The van der Waals surface area contributed by atoms with E-state index in [1.54, 1.807) is 11.1 Å². The predicted octanol–water partition coefficient (Wildman–Crippen LogP) is 3.08. The van der Waals surface area contributed by atoms with Crippen molar-refractivity contribution in [1.82, 2.24) is 25.0 Å². The second kappa shape index (κ2) is 8.38. The van der Waals surface area contributed by atoms with Crippen LogP contribution in [0.3, 0.4) is 0 Å². The van der Waals surface area contributed by atoms with Crippen LogP contribution < -0.4 is 4.74 Å². The van der Waals surface area contributed by atoms with E-state index in [-0.39, 0.29) is 11.9 Å². The van der Waals surface area contributed by atoms with Crippen molar-refractivity contribution in [1.29, 1.82) is 0 Å². The lowest BCUT2D eigenvalue weighted by molar-refractivity contribution is 0.0703. The summed E-state index contributed by atoms with van der Waals surface area (Å²) in [7, 11) is 0. The molecule has 1 unspecified atom stereocenters. The molecule has 0 N–H and O–H groups in total. The van der Waals surface area contributed by atoms with Crippen molar-refractivity contribution in [3.8, 4) is 5.75 Å². The summed E-state index contributed by atoms with van der Waals surface area (Å²) in [4.78, 5) is 27.4. The third-order valence-electron chi connectivity index (χ3n) is 4.87. The number of benzene rings is 1. The van der Waals surface area contributed by atoms with E-state index in [1.165, 1.54) is 6.20 Å². The smallest absolute Gasteiger partial charge is 0.274 e. The molecule has 1 amide bonds. The summed E-state index contributed by atoms with van der Waals surface area (Å²) < 4.78 is 11.2. The van der Waals surface area contributed by atoms with Crippen LogP contribution in [0.2, 0.25) is 0 Å². The van der Waals surface area contributed by atoms with Gasteiger partial charge in [0, 0.05) is 19.2 Å². The molecule has 150 valence electrons. The molecule has 4 rings (SSSR count). The van der Waals surface area contributed by atoms with E-state index in [0.717, 1.165) is 29.8 Å². The number of carbonyl (C=O) groups excluding carboxylic acids is 1. The minimum atomic E-state index is -0.232. The lowest BCUT2D eigenvalue weighted by atomic mass is 10.2. The van der Waals surface area contributed by atoms with E-state index in [2.05, 4.69) is 20.1 Å². The van der Waals surface area contributed by atoms with Gasteiger partial charge >= 0.3 is 0 Å². The molecule has 1 saturated heterocycles. The molecule has 8 heteroatoms. The van der Waals surface area contributed by atoms with Gasteiger partial charge in [-0.05, 0) is 44.4 Å². The number of aromatic nitrogens is 4. The molecule has 8 nitrogen and oxygen atoms in total. The summed E-state index contributed by atoms with van der Waals surface area (Å²) in [5.41, 5.74) is 2.25.